The number of nitrogens with zero attached hydrogens (tertiary/aromatic N) is 1. The molecule has 1 rings (SSSR count). The van der Waals surface area contributed by atoms with Crippen LogP contribution in [-0.2, 0) is 4.79 Å². The Morgan fingerprint density at radius 3 is 2.23 bits per heavy atom. The third-order valence-electron chi connectivity index (χ3n) is 2.66. The maximum Gasteiger partial charge on any atom is 0.219 e. The van der Waals surface area contributed by atoms with Crippen LogP contribution in [0, 0.1) is 0 Å². The van der Waals surface area contributed by atoms with Gasteiger partial charge in [-0.3, -0.25) is 4.79 Å². The van der Waals surface area contributed by atoms with E-state index in [-0.39, 0.29) is 17.0 Å². The van der Waals surface area contributed by atoms with Gasteiger partial charge in [0.1, 0.15) is 0 Å². The summed E-state index contributed by atoms with van der Waals surface area (Å²) in [4.78, 5) is 13.3. The van der Waals surface area contributed by atoms with Crippen molar-refractivity contribution in [1.82, 2.24) is 10.2 Å². The molecule has 0 unspecified atom stereocenters. The van der Waals surface area contributed by atoms with Crippen LogP contribution >= 0.6 is 0 Å². The Labute approximate surface area is 80.5 Å². The normalized spacial score (nSPS) is 25.8. The molecule has 1 saturated heterocycles. The monoisotopic (exact) mass is 184 g/mol. The van der Waals surface area contributed by atoms with Crippen LogP contribution in [0.15, 0.2) is 0 Å². The van der Waals surface area contributed by atoms with Gasteiger partial charge in [0.15, 0.2) is 0 Å². The Balaban J connectivity index is 2.82. The summed E-state index contributed by atoms with van der Waals surface area (Å²) in [7, 11) is 0. The second-order valence-electron chi connectivity index (χ2n) is 5.16. The lowest BCUT2D eigenvalue weighted by Crippen LogP contribution is -2.67. The molecular weight excluding hydrogens is 164 g/mol. The van der Waals surface area contributed by atoms with Gasteiger partial charge in [0, 0.05) is 31.1 Å². The molecule has 76 valence electrons. The molecule has 0 aromatic heterocycles. The number of nitrogens with one attached hydrogen (secondary N) is 1. The molecule has 1 N–H and O–H groups in total. The number of carbonyl (C=O) groups is 1. The zero-order valence-electron chi connectivity index (χ0n) is 9.27. The van der Waals surface area contributed by atoms with Crippen molar-refractivity contribution in [3.05, 3.63) is 0 Å². The molecule has 0 aromatic rings. The van der Waals surface area contributed by atoms with Gasteiger partial charge >= 0.3 is 0 Å². The van der Waals surface area contributed by atoms with Gasteiger partial charge in [-0.15, -0.1) is 0 Å². The smallest absolute Gasteiger partial charge is 0.219 e. The van der Waals surface area contributed by atoms with Crippen LogP contribution in [0.3, 0.4) is 0 Å². The lowest BCUT2D eigenvalue weighted by Gasteiger charge is -2.49. The molecule has 0 aromatic carbocycles. The maximum atomic E-state index is 11.4. The molecule has 3 nitrogen and oxygen atoms in total. The van der Waals surface area contributed by atoms with Crippen molar-refractivity contribution in [3.8, 4) is 0 Å². The van der Waals surface area contributed by atoms with Gasteiger partial charge in [-0.1, -0.05) is 0 Å². The van der Waals surface area contributed by atoms with E-state index in [1.54, 1.807) is 6.92 Å². The molecule has 0 radical (unpaired) electrons. The topological polar surface area (TPSA) is 32.3 Å². The molecule has 0 aliphatic carbocycles. The molecule has 1 aliphatic rings. The highest BCUT2D eigenvalue weighted by atomic mass is 16.2. The summed E-state index contributed by atoms with van der Waals surface area (Å²) in [6.45, 7) is 11.7. The zero-order valence-corrected chi connectivity index (χ0v) is 9.27. The summed E-state index contributed by atoms with van der Waals surface area (Å²) in [5, 5.41) is 3.44. The highest BCUT2D eigenvalue weighted by Gasteiger charge is 2.38. The average Bonchev–Trinajstić information content (AvgIpc) is 1.95. The molecule has 0 spiro atoms. The van der Waals surface area contributed by atoms with E-state index >= 15 is 0 Å². The minimum atomic E-state index is -0.0542. The van der Waals surface area contributed by atoms with Crippen LogP contribution < -0.4 is 5.32 Å². The Kier molecular flexibility index (Phi) is 2.41. The average molecular weight is 184 g/mol. The lowest BCUT2D eigenvalue weighted by atomic mass is 9.91. The first-order valence-corrected chi connectivity index (χ1v) is 4.78. The van der Waals surface area contributed by atoms with Crippen LogP contribution in [0.2, 0.25) is 0 Å². The Morgan fingerprint density at radius 1 is 1.31 bits per heavy atom. The molecule has 0 saturated carbocycles. The molecule has 0 bridgehead atoms. The van der Waals surface area contributed by atoms with E-state index in [4.69, 9.17) is 0 Å². The zero-order chi connectivity index (χ0) is 10.3. The van der Waals surface area contributed by atoms with E-state index in [1.165, 1.54) is 0 Å². The van der Waals surface area contributed by atoms with Crippen LogP contribution in [0.5, 0.6) is 0 Å². The van der Waals surface area contributed by atoms with E-state index in [0.29, 0.717) is 0 Å². The molecule has 1 heterocycles. The highest BCUT2D eigenvalue weighted by molar-refractivity contribution is 5.74. The van der Waals surface area contributed by atoms with Crippen molar-refractivity contribution in [2.75, 3.05) is 13.1 Å². The number of carbonyl (C=O) groups excluding carboxylic acids is 1. The SMILES string of the molecule is CC(=O)N1CC(C)(C)NCC1(C)C. The van der Waals surface area contributed by atoms with E-state index in [0.717, 1.165) is 13.1 Å². The predicted octanol–water partition coefficient (Wildman–Crippen LogP) is 0.995. The first-order valence-electron chi connectivity index (χ1n) is 4.78. The number of rotatable bonds is 0. The summed E-state index contributed by atoms with van der Waals surface area (Å²) in [6, 6.07) is 0. The summed E-state index contributed by atoms with van der Waals surface area (Å²) in [5.74, 6) is 0.166. The maximum absolute atomic E-state index is 11.4. The first-order chi connectivity index (χ1) is 5.75. The predicted molar refractivity (Wildman–Crippen MR) is 53.5 cm³/mol. The largest absolute Gasteiger partial charge is 0.335 e. The van der Waals surface area contributed by atoms with Gasteiger partial charge in [-0.2, -0.15) is 0 Å². The van der Waals surface area contributed by atoms with Crippen molar-refractivity contribution >= 4 is 5.91 Å². The summed E-state index contributed by atoms with van der Waals surface area (Å²) >= 11 is 0. The van der Waals surface area contributed by atoms with Crippen LogP contribution in [0.4, 0.5) is 0 Å². The van der Waals surface area contributed by atoms with Crippen LogP contribution in [-0.4, -0.2) is 35.0 Å². The molecule has 0 atom stereocenters. The lowest BCUT2D eigenvalue weighted by molar-refractivity contribution is -0.137. The number of piperazine rings is 1. The summed E-state index contributed by atoms with van der Waals surface area (Å²) in [6.07, 6.45) is 0. The van der Waals surface area contributed by atoms with E-state index < -0.39 is 0 Å². The second kappa shape index (κ2) is 2.98. The highest BCUT2D eigenvalue weighted by Crippen LogP contribution is 2.23. The molecule has 1 amide bonds. The molecule has 3 heteroatoms. The minimum Gasteiger partial charge on any atom is -0.335 e. The number of hydrogen-bond acceptors (Lipinski definition) is 2. The van der Waals surface area contributed by atoms with Gasteiger partial charge in [0.2, 0.25) is 5.91 Å². The fourth-order valence-electron chi connectivity index (χ4n) is 1.75. The quantitative estimate of drug-likeness (QED) is 0.609. The Hall–Kier alpha value is -0.570. The van der Waals surface area contributed by atoms with Crippen molar-refractivity contribution in [2.24, 2.45) is 0 Å². The van der Waals surface area contributed by atoms with E-state index in [9.17, 15) is 4.79 Å². The summed E-state index contributed by atoms with van der Waals surface area (Å²) < 4.78 is 0. The van der Waals surface area contributed by atoms with Crippen molar-refractivity contribution in [1.29, 1.82) is 0 Å². The van der Waals surface area contributed by atoms with E-state index in [1.807, 2.05) is 4.90 Å². The van der Waals surface area contributed by atoms with Gasteiger partial charge in [-0.05, 0) is 27.7 Å². The first kappa shape index (κ1) is 10.5. The molecular formula is C10H20N2O. The standard InChI is InChI=1S/C10H20N2O/c1-8(13)12-7-9(2,3)11-6-10(12,4)5/h11H,6-7H2,1-5H3. The summed E-state index contributed by atoms with van der Waals surface area (Å²) in [5.41, 5.74) is -0.0114. The Bertz CT molecular complexity index is 221. The van der Waals surface area contributed by atoms with Crippen molar-refractivity contribution < 1.29 is 4.79 Å². The van der Waals surface area contributed by atoms with Gasteiger partial charge in [0.25, 0.3) is 0 Å². The van der Waals surface area contributed by atoms with Gasteiger partial charge < -0.3 is 10.2 Å². The molecule has 1 aliphatic heterocycles. The fourth-order valence-corrected chi connectivity index (χ4v) is 1.75. The third-order valence-corrected chi connectivity index (χ3v) is 2.66. The number of amides is 1. The van der Waals surface area contributed by atoms with Crippen LogP contribution in [0.25, 0.3) is 0 Å². The Morgan fingerprint density at radius 2 is 1.85 bits per heavy atom. The minimum absolute atomic E-state index is 0.0428. The molecule has 13 heavy (non-hydrogen) atoms. The van der Waals surface area contributed by atoms with Gasteiger partial charge in [0.05, 0.1) is 0 Å². The van der Waals surface area contributed by atoms with Crippen LogP contribution in [0.1, 0.15) is 34.6 Å². The third kappa shape index (κ3) is 2.21. The second-order valence-corrected chi connectivity index (χ2v) is 5.16. The number of hydrogen-bond donors (Lipinski definition) is 1. The molecule has 1 fully saturated rings. The van der Waals surface area contributed by atoms with Gasteiger partial charge in [-0.25, -0.2) is 0 Å². The van der Waals surface area contributed by atoms with Crippen molar-refractivity contribution in [2.45, 2.75) is 45.7 Å². The van der Waals surface area contributed by atoms with Crippen molar-refractivity contribution in [3.63, 3.8) is 0 Å². The fraction of sp³-hybridized carbons (Fsp3) is 0.900. The van der Waals surface area contributed by atoms with E-state index in [2.05, 4.69) is 33.0 Å².